The van der Waals surface area contributed by atoms with Crippen molar-refractivity contribution in [3.8, 4) is 0 Å². The van der Waals surface area contributed by atoms with Gasteiger partial charge in [0.2, 0.25) is 5.91 Å². The standard InChI is InChI=1S/C11H24N2O2/c1-5-7-13-10(14)9(3)15-11(4,6-2)8-12/h9H,5-8,12H2,1-4H3,(H,13,14). The second kappa shape index (κ2) is 6.80. The molecule has 0 aromatic rings. The fourth-order valence-electron chi connectivity index (χ4n) is 1.15. The summed E-state index contributed by atoms with van der Waals surface area (Å²) in [6.45, 7) is 8.82. The quantitative estimate of drug-likeness (QED) is 0.668. The summed E-state index contributed by atoms with van der Waals surface area (Å²) in [5, 5.41) is 2.80. The van der Waals surface area contributed by atoms with Gasteiger partial charge in [0.25, 0.3) is 0 Å². The van der Waals surface area contributed by atoms with Gasteiger partial charge in [-0.05, 0) is 26.7 Å². The fraction of sp³-hybridized carbons (Fsp3) is 0.909. The highest BCUT2D eigenvalue weighted by Crippen LogP contribution is 2.15. The Balaban J connectivity index is 4.10. The zero-order valence-corrected chi connectivity index (χ0v) is 10.3. The van der Waals surface area contributed by atoms with Crippen LogP contribution in [0, 0.1) is 0 Å². The van der Waals surface area contributed by atoms with E-state index in [0.29, 0.717) is 13.1 Å². The van der Waals surface area contributed by atoms with Gasteiger partial charge < -0.3 is 15.8 Å². The van der Waals surface area contributed by atoms with Crippen molar-refractivity contribution in [1.29, 1.82) is 0 Å². The van der Waals surface area contributed by atoms with Crippen molar-refractivity contribution in [3.63, 3.8) is 0 Å². The Morgan fingerprint density at radius 1 is 1.53 bits per heavy atom. The second-order valence-electron chi connectivity index (χ2n) is 4.06. The third-order valence-corrected chi connectivity index (χ3v) is 2.56. The maximum Gasteiger partial charge on any atom is 0.248 e. The number of nitrogens with two attached hydrogens (primary N) is 1. The minimum Gasteiger partial charge on any atom is -0.361 e. The number of carbonyl (C=O) groups is 1. The summed E-state index contributed by atoms with van der Waals surface area (Å²) in [6.07, 6.45) is 1.29. The Bertz CT molecular complexity index is 191. The first-order valence-electron chi connectivity index (χ1n) is 5.64. The summed E-state index contributed by atoms with van der Waals surface area (Å²) in [5.74, 6) is -0.0648. The number of rotatable bonds is 7. The first kappa shape index (κ1) is 14.4. The van der Waals surface area contributed by atoms with E-state index in [0.717, 1.165) is 12.8 Å². The molecule has 0 aromatic heterocycles. The minimum atomic E-state index is -0.440. The summed E-state index contributed by atoms with van der Waals surface area (Å²) in [6, 6.07) is 0. The molecular weight excluding hydrogens is 192 g/mol. The van der Waals surface area contributed by atoms with Gasteiger partial charge in [0.05, 0.1) is 5.60 Å². The molecule has 90 valence electrons. The molecule has 2 unspecified atom stereocenters. The van der Waals surface area contributed by atoms with Gasteiger partial charge in [-0.1, -0.05) is 13.8 Å². The van der Waals surface area contributed by atoms with Crippen LogP contribution in [0.5, 0.6) is 0 Å². The largest absolute Gasteiger partial charge is 0.361 e. The highest BCUT2D eigenvalue weighted by Gasteiger charge is 2.26. The van der Waals surface area contributed by atoms with Crippen LogP contribution in [0.4, 0.5) is 0 Å². The highest BCUT2D eigenvalue weighted by atomic mass is 16.5. The van der Waals surface area contributed by atoms with Crippen LogP contribution in [0.1, 0.15) is 40.5 Å². The third-order valence-electron chi connectivity index (χ3n) is 2.56. The summed E-state index contributed by atoms with van der Waals surface area (Å²) < 4.78 is 5.66. The van der Waals surface area contributed by atoms with Crippen molar-refractivity contribution in [3.05, 3.63) is 0 Å². The molecule has 0 rings (SSSR count). The lowest BCUT2D eigenvalue weighted by molar-refractivity contribution is -0.143. The summed E-state index contributed by atoms with van der Waals surface area (Å²) in [4.78, 5) is 11.5. The number of hydrogen-bond acceptors (Lipinski definition) is 3. The Morgan fingerprint density at radius 2 is 2.13 bits per heavy atom. The van der Waals surface area contributed by atoms with Crippen LogP contribution in [0.15, 0.2) is 0 Å². The number of hydrogen-bond donors (Lipinski definition) is 2. The zero-order valence-electron chi connectivity index (χ0n) is 10.3. The van der Waals surface area contributed by atoms with Gasteiger partial charge in [-0.25, -0.2) is 0 Å². The molecule has 0 aliphatic carbocycles. The zero-order chi connectivity index (χ0) is 11.9. The molecule has 0 radical (unpaired) electrons. The smallest absolute Gasteiger partial charge is 0.248 e. The van der Waals surface area contributed by atoms with Crippen LogP contribution in [0.2, 0.25) is 0 Å². The summed E-state index contributed by atoms with van der Waals surface area (Å²) in [5.41, 5.74) is 5.21. The van der Waals surface area contributed by atoms with E-state index in [1.807, 2.05) is 20.8 Å². The molecule has 3 N–H and O–H groups in total. The number of carbonyl (C=O) groups excluding carboxylic acids is 1. The van der Waals surface area contributed by atoms with Crippen molar-refractivity contribution in [2.75, 3.05) is 13.1 Å². The molecule has 4 heteroatoms. The SMILES string of the molecule is CCCNC(=O)C(C)OC(C)(CC)CN. The number of amides is 1. The molecule has 0 saturated carbocycles. The van der Waals surface area contributed by atoms with Gasteiger partial charge in [-0.3, -0.25) is 4.79 Å². The van der Waals surface area contributed by atoms with E-state index in [-0.39, 0.29) is 5.91 Å². The van der Waals surface area contributed by atoms with Crippen LogP contribution >= 0.6 is 0 Å². The second-order valence-corrected chi connectivity index (χ2v) is 4.06. The van der Waals surface area contributed by atoms with Crippen LogP contribution < -0.4 is 11.1 Å². The normalized spacial score (nSPS) is 16.9. The van der Waals surface area contributed by atoms with Crippen molar-refractivity contribution >= 4 is 5.91 Å². The summed E-state index contributed by atoms with van der Waals surface area (Å²) in [7, 11) is 0. The first-order valence-corrected chi connectivity index (χ1v) is 5.64. The highest BCUT2D eigenvalue weighted by molar-refractivity contribution is 5.80. The monoisotopic (exact) mass is 216 g/mol. The lowest BCUT2D eigenvalue weighted by atomic mass is 10.0. The topological polar surface area (TPSA) is 64.3 Å². The molecule has 4 nitrogen and oxygen atoms in total. The molecule has 0 bridgehead atoms. The Morgan fingerprint density at radius 3 is 2.53 bits per heavy atom. The van der Waals surface area contributed by atoms with Crippen molar-refractivity contribution in [2.24, 2.45) is 5.73 Å². The molecule has 15 heavy (non-hydrogen) atoms. The molecule has 0 aliphatic heterocycles. The molecular formula is C11H24N2O2. The molecule has 0 heterocycles. The maximum absolute atomic E-state index is 11.5. The Labute approximate surface area is 92.6 Å². The maximum atomic E-state index is 11.5. The number of ether oxygens (including phenoxy) is 1. The van der Waals surface area contributed by atoms with E-state index >= 15 is 0 Å². The third kappa shape index (κ3) is 5.14. The minimum absolute atomic E-state index is 0.0648. The van der Waals surface area contributed by atoms with E-state index < -0.39 is 11.7 Å². The lowest BCUT2D eigenvalue weighted by Crippen LogP contribution is -2.45. The molecule has 0 spiro atoms. The number of nitrogens with one attached hydrogen (secondary N) is 1. The van der Waals surface area contributed by atoms with E-state index in [9.17, 15) is 4.79 Å². The van der Waals surface area contributed by atoms with Gasteiger partial charge in [-0.2, -0.15) is 0 Å². The van der Waals surface area contributed by atoms with Gasteiger partial charge >= 0.3 is 0 Å². The Hall–Kier alpha value is -0.610. The van der Waals surface area contributed by atoms with Crippen molar-refractivity contribution in [1.82, 2.24) is 5.32 Å². The van der Waals surface area contributed by atoms with Gasteiger partial charge in [0.15, 0.2) is 0 Å². The van der Waals surface area contributed by atoms with E-state index in [1.165, 1.54) is 0 Å². The molecule has 0 aromatic carbocycles. The molecule has 2 atom stereocenters. The molecule has 1 amide bonds. The average Bonchev–Trinajstić information content (AvgIpc) is 2.25. The first-order chi connectivity index (χ1) is 6.99. The molecule has 0 saturated heterocycles. The van der Waals surface area contributed by atoms with Crippen molar-refractivity contribution in [2.45, 2.75) is 52.2 Å². The fourth-order valence-corrected chi connectivity index (χ4v) is 1.15. The van der Waals surface area contributed by atoms with E-state index in [1.54, 1.807) is 6.92 Å². The lowest BCUT2D eigenvalue weighted by Gasteiger charge is -2.30. The molecule has 0 aliphatic rings. The van der Waals surface area contributed by atoms with E-state index in [4.69, 9.17) is 10.5 Å². The van der Waals surface area contributed by atoms with Gasteiger partial charge in [0, 0.05) is 13.1 Å². The van der Waals surface area contributed by atoms with Crippen LogP contribution in [0.3, 0.4) is 0 Å². The van der Waals surface area contributed by atoms with Gasteiger partial charge in [0.1, 0.15) is 6.10 Å². The van der Waals surface area contributed by atoms with Gasteiger partial charge in [-0.15, -0.1) is 0 Å². The summed E-state index contributed by atoms with van der Waals surface area (Å²) >= 11 is 0. The van der Waals surface area contributed by atoms with Crippen molar-refractivity contribution < 1.29 is 9.53 Å². The molecule has 0 fully saturated rings. The average molecular weight is 216 g/mol. The van der Waals surface area contributed by atoms with Crippen LogP contribution in [0.25, 0.3) is 0 Å². The van der Waals surface area contributed by atoms with Crippen LogP contribution in [-0.2, 0) is 9.53 Å². The van der Waals surface area contributed by atoms with E-state index in [2.05, 4.69) is 5.32 Å². The predicted molar refractivity (Wildman–Crippen MR) is 61.6 cm³/mol. The Kier molecular flexibility index (Phi) is 6.52. The predicted octanol–water partition coefficient (Wildman–Crippen LogP) is 1.05. The van der Waals surface area contributed by atoms with Crippen LogP contribution in [-0.4, -0.2) is 30.7 Å².